The maximum Gasteiger partial charge on any atom is 0.416 e. The summed E-state index contributed by atoms with van der Waals surface area (Å²) in [6, 6.07) is 15.3. The molecule has 1 atom stereocenters. The Labute approximate surface area is 206 Å². The van der Waals surface area contributed by atoms with Crippen LogP contribution in [-0.2, 0) is 12.6 Å². The molecule has 0 radical (unpaired) electrons. The third-order valence-electron chi connectivity index (χ3n) is 6.83. The van der Waals surface area contributed by atoms with Crippen molar-refractivity contribution < 1.29 is 13.2 Å². The van der Waals surface area contributed by atoms with Gasteiger partial charge in [-0.15, -0.1) is 0 Å². The fourth-order valence-corrected chi connectivity index (χ4v) is 4.70. The molecule has 0 aliphatic carbocycles. The zero-order valence-corrected chi connectivity index (χ0v) is 20.1. The second-order valence-electron chi connectivity index (χ2n) is 9.13. The van der Waals surface area contributed by atoms with E-state index in [1.807, 2.05) is 25.1 Å². The average molecular weight is 497 g/mol. The van der Waals surface area contributed by atoms with Crippen molar-refractivity contribution in [3.8, 4) is 0 Å². The highest BCUT2D eigenvalue weighted by atomic mass is 19.4. The normalized spacial score (nSPS) is 16.0. The smallest absolute Gasteiger partial charge is 0.369 e. The number of para-hydroxylation sites is 1. The lowest BCUT2D eigenvalue weighted by atomic mass is 10.0. The minimum Gasteiger partial charge on any atom is -0.369 e. The minimum atomic E-state index is -4.44. The fraction of sp³-hybridized carbons (Fsp3) is 0.346. The van der Waals surface area contributed by atoms with Gasteiger partial charge in [-0.05, 0) is 37.6 Å². The van der Waals surface area contributed by atoms with E-state index in [9.17, 15) is 18.0 Å². The molecule has 4 aromatic rings. The van der Waals surface area contributed by atoms with E-state index in [0.29, 0.717) is 22.6 Å². The minimum absolute atomic E-state index is 0.0515. The highest BCUT2D eigenvalue weighted by molar-refractivity contribution is 5.46. The van der Waals surface area contributed by atoms with Gasteiger partial charge in [0, 0.05) is 43.9 Å². The number of alkyl halides is 3. The summed E-state index contributed by atoms with van der Waals surface area (Å²) in [5.41, 5.74) is 1.31. The van der Waals surface area contributed by atoms with E-state index in [1.54, 1.807) is 13.0 Å². The number of piperazine rings is 1. The summed E-state index contributed by atoms with van der Waals surface area (Å²) in [7, 11) is 0. The Hall–Kier alpha value is -3.66. The van der Waals surface area contributed by atoms with Crippen LogP contribution in [-0.4, -0.2) is 50.7 Å². The average Bonchev–Trinajstić information content (AvgIpc) is 3.30. The monoisotopic (exact) mass is 496 g/mol. The SMILES string of the molecule is Cc1nc2nc(C(C)N3CCN(c4ccccc4)CC3)[nH]n2c(=O)c1Cc1cccc(C(F)(F)F)c1. The summed E-state index contributed by atoms with van der Waals surface area (Å²) in [5, 5.41) is 3.09. The lowest BCUT2D eigenvalue weighted by molar-refractivity contribution is -0.137. The van der Waals surface area contributed by atoms with Crippen LogP contribution in [0.25, 0.3) is 5.78 Å². The van der Waals surface area contributed by atoms with Crippen LogP contribution in [0.15, 0.2) is 59.4 Å². The summed E-state index contributed by atoms with van der Waals surface area (Å²) in [6.45, 7) is 7.17. The van der Waals surface area contributed by atoms with Crippen LogP contribution >= 0.6 is 0 Å². The van der Waals surface area contributed by atoms with E-state index in [1.165, 1.54) is 16.3 Å². The quantitative estimate of drug-likeness (QED) is 0.448. The molecule has 2 aromatic carbocycles. The van der Waals surface area contributed by atoms with Crippen molar-refractivity contribution >= 4 is 11.5 Å². The number of fused-ring (bicyclic) bond motifs is 1. The summed E-state index contributed by atoms with van der Waals surface area (Å²) < 4.78 is 40.6. The van der Waals surface area contributed by atoms with Gasteiger partial charge in [-0.3, -0.25) is 14.8 Å². The number of nitrogens with one attached hydrogen (secondary N) is 1. The van der Waals surface area contributed by atoms with E-state index in [4.69, 9.17) is 0 Å². The van der Waals surface area contributed by atoms with Gasteiger partial charge in [0.1, 0.15) is 5.82 Å². The molecule has 1 unspecified atom stereocenters. The first-order chi connectivity index (χ1) is 17.2. The van der Waals surface area contributed by atoms with Gasteiger partial charge in [0.25, 0.3) is 11.3 Å². The number of hydrogen-bond donors (Lipinski definition) is 1. The molecule has 5 rings (SSSR count). The van der Waals surface area contributed by atoms with Gasteiger partial charge in [-0.1, -0.05) is 36.4 Å². The molecule has 7 nitrogen and oxygen atoms in total. The van der Waals surface area contributed by atoms with Gasteiger partial charge in [0.15, 0.2) is 0 Å². The Morgan fingerprint density at radius 1 is 1.00 bits per heavy atom. The van der Waals surface area contributed by atoms with Crippen molar-refractivity contribution in [2.45, 2.75) is 32.5 Å². The maximum atomic E-state index is 13.3. The van der Waals surface area contributed by atoms with Gasteiger partial charge < -0.3 is 4.90 Å². The Morgan fingerprint density at radius 2 is 1.72 bits per heavy atom. The summed E-state index contributed by atoms with van der Waals surface area (Å²) >= 11 is 0. The largest absolute Gasteiger partial charge is 0.416 e. The van der Waals surface area contributed by atoms with Crippen LogP contribution < -0.4 is 10.5 Å². The van der Waals surface area contributed by atoms with Crippen molar-refractivity contribution in [2.24, 2.45) is 0 Å². The van der Waals surface area contributed by atoms with Crippen LogP contribution in [0.2, 0.25) is 0 Å². The van der Waals surface area contributed by atoms with Crippen molar-refractivity contribution in [1.29, 1.82) is 0 Å². The van der Waals surface area contributed by atoms with Crippen LogP contribution in [0.3, 0.4) is 0 Å². The third-order valence-corrected chi connectivity index (χ3v) is 6.83. The van der Waals surface area contributed by atoms with Crippen LogP contribution in [0.4, 0.5) is 18.9 Å². The first-order valence-electron chi connectivity index (χ1n) is 11.9. The molecule has 1 fully saturated rings. The molecular formula is C26H27F3N6O. The Kier molecular flexibility index (Phi) is 6.29. The second kappa shape index (κ2) is 9.42. The molecule has 1 saturated heterocycles. The topological polar surface area (TPSA) is 69.5 Å². The number of benzene rings is 2. The number of halogens is 3. The van der Waals surface area contributed by atoms with Crippen LogP contribution in [0, 0.1) is 6.92 Å². The zero-order valence-electron chi connectivity index (χ0n) is 20.1. The first-order valence-corrected chi connectivity index (χ1v) is 11.9. The fourth-order valence-electron chi connectivity index (χ4n) is 4.70. The number of aromatic nitrogens is 4. The van der Waals surface area contributed by atoms with Gasteiger partial charge in [-0.2, -0.15) is 22.7 Å². The van der Waals surface area contributed by atoms with Crippen molar-refractivity contribution in [3.05, 3.63) is 93.2 Å². The molecular weight excluding hydrogens is 469 g/mol. The molecule has 1 aliphatic heterocycles. The molecule has 3 heterocycles. The number of nitrogens with zero attached hydrogens (tertiary/aromatic N) is 5. The third kappa shape index (κ3) is 4.73. The number of rotatable bonds is 5. The lowest BCUT2D eigenvalue weighted by Gasteiger charge is -2.38. The van der Waals surface area contributed by atoms with Gasteiger partial charge >= 0.3 is 6.18 Å². The molecule has 0 bridgehead atoms. The van der Waals surface area contributed by atoms with Crippen LogP contribution in [0.1, 0.15) is 41.2 Å². The van der Waals surface area contributed by atoms with E-state index < -0.39 is 11.7 Å². The van der Waals surface area contributed by atoms with E-state index >= 15 is 0 Å². The summed E-state index contributed by atoms with van der Waals surface area (Å²) in [4.78, 5) is 27.0. The van der Waals surface area contributed by atoms with Gasteiger partial charge in [0.2, 0.25) is 0 Å². The number of aryl methyl sites for hydroxylation is 1. The van der Waals surface area contributed by atoms with Crippen molar-refractivity contribution in [2.75, 3.05) is 31.1 Å². The van der Waals surface area contributed by atoms with Crippen LogP contribution in [0.5, 0.6) is 0 Å². The van der Waals surface area contributed by atoms with E-state index in [-0.39, 0.29) is 23.8 Å². The van der Waals surface area contributed by atoms with Gasteiger partial charge in [-0.25, -0.2) is 4.98 Å². The standard InChI is InChI=1S/C26H27F3N6O/c1-17-22(16-19-7-6-8-20(15-19)26(27,28)29)24(36)35-25(30-17)31-23(32-35)18(2)33-11-13-34(14-12-33)21-9-4-3-5-10-21/h3-10,15,18H,11-14,16H2,1-2H3,(H,30,31,32). The predicted molar refractivity (Wildman–Crippen MR) is 131 cm³/mol. The molecule has 1 aliphatic rings. The molecule has 0 amide bonds. The second-order valence-corrected chi connectivity index (χ2v) is 9.13. The molecule has 2 aromatic heterocycles. The molecule has 1 N–H and O–H groups in total. The Balaban J connectivity index is 1.36. The molecule has 188 valence electrons. The lowest BCUT2D eigenvalue weighted by Crippen LogP contribution is -2.47. The zero-order chi connectivity index (χ0) is 25.4. The Bertz CT molecular complexity index is 1420. The molecule has 0 saturated carbocycles. The number of hydrogen-bond acceptors (Lipinski definition) is 5. The predicted octanol–water partition coefficient (Wildman–Crippen LogP) is 4.22. The summed E-state index contributed by atoms with van der Waals surface area (Å²) in [5.74, 6) is 0.887. The van der Waals surface area contributed by atoms with E-state index in [2.05, 4.69) is 37.0 Å². The van der Waals surface area contributed by atoms with E-state index in [0.717, 1.165) is 38.3 Å². The van der Waals surface area contributed by atoms with Crippen molar-refractivity contribution in [1.82, 2.24) is 24.5 Å². The molecule has 10 heteroatoms. The summed E-state index contributed by atoms with van der Waals surface area (Å²) in [6.07, 6.45) is -4.39. The highest BCUT2D eigenvalue weighted by Crippen LogP contribution is 2.30. The number of anilines is 1. The first kappa shape index (κ1) is 24.1. The maximum absolute atomic E-state index is 13.3. The number of H-pyrrole nitrogens is 1. The van der Waals surface area contributed by atoms with Crippen molar-refractivity contribution in [3.63, 3.8) is 0 Å². The highest BCUT2D eigenvalue weighted by Gasteiger charge is 2.30. The molecule has 0 spiro atoms. The molecule has 36 heavy (non-hydrogen) atoms. The number of aromatic amines is 1. The van der Waals surface area contributed by atoms with Gasteiger partial charge in [0.05, 0.1) is 17.3 Å². The Morgan fingerprint density at radius 3 is 2.42 bits per heavy atom.